The first kappa shape index (κ1) is 11.0. The molecule has 0 spiro atoms. The van der Waals surface area contributed by atoms with E-state index in [1.165, 1.54) is 0 Å². The van der Waals surface area contributed by atoms with Gasteiger partial charge < -0.3 is 4.57 Å². The summed E-state index contributed by atoms with van der Waals surface area (Å²) in [5, 5.41) is 12.6. The smallest absolute Gasteiger partial charge is 0.167 e. The molecular weight excluding hydrogens is 226 g/mol. The summed E-state index contributed by atoms with van der Waals surface area (Å²) >= 11 is 0. The molecule has 3 rings (SSSR count). The molecule has 3 heterocycles. The second-order valence-electron chi connectivity index (χ2n) is 4.79. The summed E-state index contributed by atoms with van der Waals surface area (Å²) in [6.07, 6.45) is 5.56. The SMILES string of the molecule is CC(C)Cn1cnnc1-c1cnn2ccccc12. The van der Waals surface area contributed by atoms with Crippen molar-refractivity contribution in [2.24, 2.45) is 5.92 Å². The lowest BCUT2D eigenvalue weighted by atomic mass is 10.2. The fourth-order valence-corrected chi connectivity index (χ4v) is 2.10. The number of hydrogen-bond acceptors (Lipinski definition) is 3. The summed E-state index contributed by atoms with van der Waals surface area (Å²) in [6.45, 7) is 5.27. The van der Waals surface area contributed by atoms with Gasteiger partial charge >= 0.3 is 0 Å². The van der Waals surface area contributed by atoms with Gasteiger partial charge in [0.15, 0.2) is 5.82 Å². The number of nitrogens with zero attached hydrogens (tertiary/aromatic N) is 5. The molecule has 5 nitrogen and oxygen atoms in total. The lowest BCUT2D eigenvalue weighted by Gasteiger charge is -2.08. The van der Waals surface area contributed by atoms with Gasteiger partial charge in [0.05, 0.1) is 17.3 Å². The summed E-state index contributed by atoms with van der Waals surface area (Å²) in [5.74, 6) is 1.44. The Hall–Kier alpha value is -2.17. The Balaban J connectivity index is 2.12. The first-order valence-corrected chi connectivity index (χ1v) is 6.06. The van der Waals surface area contributed by atoms with Crippen LogP contribution < -0.4 is 0 Å². The highest BCUT2D eigenvalue weighted by atomic mass is 15.3. The molecule has 0 atom stereocenters. The predicted molar refractivity (Wildman–Crippen MR) is 69.0 cm³/mol. The van der Waals surface area contributed by atoms with Crippen LogP contribution >= 0.6 is 0 Å². The zero-order chi connectivity index (χ0) is 12.5. The third-order valence-corrected chi connectivity index (χ3v) is 2.84. The van der Waals surface area contributed by atoms with Crippen LogP contribution in [0.25, 0.3) is 16.9 Å². The highest BCUT2D eigenvalue weighted by molar-refractivity contribution is 5.75. The number of pyridine rings is 1. The Morgan fingerprint density at radius 2 is 2.17 bits per heavy atom. The van der Waals surface area contributed by atoms with E-state index in [-0.39, 0.29) is 0 Å². The maximum Gasteiger partial charge on any atom is 0.167 e. The molecule has 0 unspecified atom stereocenters. The van der Waals surface area contributed by atoms with Crippen molar-refractivity contribution in [1.29, 1.82) is 0 Å². The Bertz CT molecular complexity index is 665. The molecule has 0 saturated heterocycles. The summed E-state index contributed by atoms with van der Waals surface area (Å²) < 4.78 is 3.93. The van der Waals surface area contributed by atoms with Crippen molar-refractivity contribution >= 4 is 5.52 Å². The van der Waals surface area contributed by atoms with Gasteiger partial charge in [0.2, 0.25) is 0 Å². The van der Waals surface area contributed by atoms with Crippen molar-refractivity contribution in [3.63, 3.8) is 0 Å². The van der Waals surface area contributed by atoms with Gasteiger partial charge in [0.25, 0.3) is 0 Å². The molecule has 3 aromatic heterocycles. The van der Waals surface area contributed by atoms with E-state index in [4.69, 9.17) is 0 Å². The largest absolute Gasteiger partial charge is 0.313 e. The van der Waals surface area contributed by atoms with E-state index < -0.39 is 0 Å². The van der Waals surface area contributed by atoms with Crippen LogP contribution in [0.4, 0.5) is 0 Å². The second kappa shape index (κ2) is 4.25. The molecule has 0 amide bonds. The van der Waals surface area contributed by atoms with Crippen molar-refractivity contribution in [2.45, 2.75) is 20.4 Å². The van der Waals surface area contributed by atoms with E-state index in [0.29, 0.717) is 5.92 Å². The molecule has 0 aromatic carbocycles. The average Bonchev–Trinajstić information content (AvgIpc) is 2.94. The third kappa shape index (κ3) is 1.77. The van der Waals surface area contributed by atoms with Crippen LogP contribution in [0.5, 0.6) is 0 Å². The number of fused-ring (bicyclic) bond motifs is 1. The van der Waals surface area contributed by atoms with Gasteiger partial charge in [-0.15, -0.1) is 10.2 Å². The molecule has 0 saturated carbocycles. The lowest BCUT2D eigenvalue weighted by Crippen LogP contribution is -2.05. The summed E-state index contributed by atoms with van der Waals surface area (Å²) in [7, 11) is 0. The first-order chi connectivity index (χ1) is 8.75. The quantitative estimate of drug-likeness (QED) is 0.706. The van der Waals surface area contributed by atoms with Gasteiger partial charge in [-0.2, -0.15) is 5.10 Å². The standard InChI is InChI=1S/C13H15N5/c1-10(2)8-17-9-14-16-13(17)11-7-15-18-6-4-3-5-12(11)18/h3-7,9-10H,8H2,1-2H3. The highest BCUT2D eigenvalue weighted by Gasteiger charge is 2.13. The normalized spacial score (nSPS) is 11.5. The maximum atomic E-state index is 4.33. The minimum atomic E-state index is 0.557. The Labute approximate surface area is 105 Å². The van der Waals surface area contributed by atoms with Crippen molar-refractivity contribution in [3.8, 4) is 11.4 Å². The number of rotatable bonds is 3. The first-order valence-electron chi connectivity index (χ1n) is 6.06. The van der Waals surface area contributed by atoms with Crippen LogP contribution in [0.3, 0.4) is 0 Å². The maximum absolute atomic E-state index is 4.33. The van der Waals surface area contributed by atoms with E-state index in [1.807, 2.05) is 35.1 Å². The average molecular weight is 241 g/mol. The van der Waals surface area contributed by atoms with Crippen molar-refractivity contribution in [2.75, 3.05) is 0 Å². The second-order valence-corrected chi connectivity index (χ2v) is 4.79. The fourth-order valence-electron chi connectivity index (χ4n) is 2.10. The van der Waals surface area contributed by atoms with Gasteiger partial charge in [-0.05, 0) is 18.1 Å². The molecule has 92 valence electrons. The van der Waals surface area contributed by atoms with Crippen LogP contribution in [0.2, 0.25) is 0 Å². The Kier molecular flexibility index (Phi) is 2.59. The van der Waals surface area contributed by atoms with Crippen molar-refractivity contribution < 1.29 is 0 Å². The van der Waals surface area contributed by atoms with E-state index in [0.717, 1.165) is 23.4 Å². The molecule has 0 aliphatic carbocycles. The Morgan fingerprint density at radius 3 is 3.00 bits per heavy atom. The van der Waals surface area contributed by atoms with Gasteiger partial charge in [-0.25, -0.2) is 4.52 Å². The third-order valence-electron chi connectivity index (χ3n) is 2.84. The number of aromatic nitrogens is 5. The van der Waals surface area contributed by atoms with Crippen LogP contribution in [-0.4, -0.2) is 24.4 Å². The monoisotopic (exact) mass is 241 g/mol. The predicted octanol–water partition coefficient (Wildman–Crippen LogP) is 2.25. The molecule has 0 N–H and O–H groups in total. The van der Waals surface area contributed by atoms with Crippen LogP contribution in [0, 0.1) is 5.92 Å². The van der Waals surface area contributed by atoms with E-state index >= 15 is 0 Å². The number of hydrogen-bond donors (Lipinski definition) is 0. The van der Waals surface area contributed by atoms with E-state index in [2.05, 4.69) is 33.7 Å². The molecule has 0 aliphatic heterocycles. The van der Waals surface area contributed by atoms with Crippen LogP contribution in [0.1, 0.15) is 13.8 Å². The minimum absolute atomic E-state index is 0.557. The molecule has 0 fully saturated rings. The molecule has 0 radical (unpaired) electrons. The topological polar surface area (TPSA) is 48.0 Å². The van der Waals surface area contributed by atoms with Gasteiger partial charge in [-0.3, -0.25) is 0 Å². The molecule has 0 aliphatic rings. The van der Waals surface area contributed by atoms with Crippen molar-refractivity contribution in [1.82, 2.24) is 24.4 Å². The van der Waals surface area contributed by atoms with Gasteiger partial charge in [0.1, 0.15) is 6.33 Å². The van der Waals surface area contributed by atoms with Crippen LogP contribution in [0.15, 0.2) is 36.9 Å². The summed E-state index contributed by atoms with van der Waals surface area (Å²) in [6, 6.07) is 6.00. The Morgan fingerprint density at radius 1 is 1.28 bits per heavy atom. The van der Waals surface area contributed by atoms with Crippen LogP contribution in [-0.2, 0) is 6.54 Å². The van der Waals surface area contributed by atoms with Gasteiger partial charge in [-0.1, -0.05) is 19.9 Å². The summed E-state index contributed by atoms with van der Waals surface area (Å²) in [5.41, 5.74) is 2.07. The molecule has 5 heteroatoms. The molecule has 18 heavy (non-hydrogen) atoms. The molecule has 0 bridgehead atoms. The minimum Gasteiger partial charge on any atom is -0.313 e. The lowest BCUT2D eigenvalue weighted by molar-refractivity contribution is 0.525. The van der Waals surface area contributed by atoms with Crippen molar-refractivity contribution in [3.05, 3.63) is 36.9 Å². The zero-order valence-corrected chi connectivity index (χ0v) is 10.5. The van der Waals surface area contributed by atoms with E-state index in [1.54, 1.807) is 6.33 Å². The van der Waals surface area contributed by atoms with E-state index in [9.17, 15) is 0 Å². The molecule has 3 aromatic rings. The highest BCUT2D eigenvalue weighted by Crippen LogP contribution is 2.22. The fraction of sp³-hybridized carbons (Fsp3) is 0.308. The van der Waals surface area contributed by atoms with Gasteiger partial charge in [0, 0.05) is 12.7 Å². The summed E-state index contributed by atoms with van der Waals surface area (Å²) in [4.78, 5) is 0. The zero-order valence-electron chi connectivity index (χ0n) is 10.5. The molecular formula is C13H15N5.